The molecule has 1 aromatic carbocycles. The highest BCUT2D eigenvalue weighted by Gasteiger charge is 2.29. The first-order valence-electron chi connectivity index (χ1n) is 6.32. The average molecular weight is 233 g/mol. The molecular formula is C14H19NO2. The first-order valence-corrected chi connectivity index (χ1v) is 6.32. The summed E-state index contributed by atoms with van der Waals surface area (Å²) in [6, 6.07) is 9.15. The largest absolute Gasteiger partial charge is 0.480 e. The van der Waals surface area contributed by atoms with Crippen molar-refractivity contribution in [1.29, 1.82) is 0 Å². The molecule has 2 rings (SSSR count). The molecule has 0 amide bonds. The molecule has 0 aromatic heterocycles. The monoisotopic (exact) mass is 233 g/mol. The number of rotatable bonds is 4. The zero-order valence-electron chi connectivity index (χ0n) is 9.93. The Kier molecular flexibility index (Phi) is 4.02. The van der Waals surface area contributed by atoms with Gasteiger partial charge in [0.15, 0.2) is 0 Å². The number of hydrogen-bond donors (Lipinski definition) is 2. The van der Waals surface area contributed by atoms with Gasteiger partial charge in [0.2, 0.25) is 0 Å². The molecule has 0 heterocycles. The van der Waals surface area contributed by atoms with Crippen LogP contribution in [-0.4, -0.2) is 17.1 Å². The van der Waals surface area contributed by atoms with E-state index in [-0.39, 0.29) is 5.92 Å². The van der Waals surface area contributed by atoms with Crippen LogP contribution in [0.3, 0.4) is 0 Å². The van der Waals surface area contributed by atoms with Gasteiger partial charge in [-0.3, -0.25) is 0 Å². The molecule has 92 valence electrons. The van der Waals surface area contributed by atoms with Gasteiger partial charge in [0, 0.05) is 5.69 Å². The van der Waals surface area contributed by atoms with Gasteiger partial charge in [-0.15, -0.1) is 0 Å². The van der Waals surface area contributed by atoms with Crippen molar-refractivity contribution in [3.63, 3.8) is 0 Å². The second-order valence-electron chi connectivity index (χ2n) is 4.72. The summed E-state index contributed by atoms with van der Waals surface area (Å²) in [5, 5.41) is 12.5. The highest BCUT2D eigenvalue weighted by molar-refractivity contribution is 5.77. The molecule has 2 N–H and O–H groups in total. The second-order valence-corrected chi connectivity index (χ2v) is 4.72. The van der Waals surface area contributed by atoms with E-state index in [9.17, 15) is 9.90 Å². The van der Waals surface area contributed by atoms with Gasteiger partial charge in [-0.1, -0.05) is 37.5 Å². The number of para-hydroxylation sites is 1. The number of carboxylic acid groups (broad SMARTS) is 1. The van der Waals surface area contributed by atoms with Crippen LogP contribution in [0.15, 0.2) is 30.3 Å². The van der Waals surface area contributed by atoms with Gasteiger partial charge in [-0.25, -0.2) is 4.79 Å². The molecular weight excluding hydrogens is 214 g/mol. The van der Waals surface area contributed by atoms with Crippen LogP contribution in [0, 0.1) is 5.92 Å². The van der Waals surface area contributed by atoms with Crippen molar-refractivity contribution in [2.75, 3.05) is 5.32 Å². The number of carbonyl (C=O) groups is 1. The van der Waals surface area contributed by atoms with Crippen molar-refractivity contribution in [2.24, 2.45) is 5.92 Å². The van der Waals surface area contributed by atoms with Gasteiger partial charge in [0.1, 0.15) is 6.04 Å². The zero-order chi connectivity index (χ0) is 12.1. The van der Waals surface area contributed by atoms with Crippen molar-refractivity contribution in [2.45, 2.75) is 38.1 Å². The lowest BCUT2D eigenvalue weighted by atomic mass is 9.84. The molecule has 0 spiro atoms. The quantitative estimate of drug-likeness (QED) is 0.840. The summed E-state index contributed by atoms with van der Waals surface area (Å²) in [7, 11) is 0. The Labute approximate surface area is 102 Å². The minimum absolute atomic E-state index is 0.265. The van der Waals surface area contributed by atoms with E-state index in [2.05, 4.69) is 5.32 Å². The maximum Gasteiger partial charge on any atom is 0.326 e. The van der Waals surface area contributed by atoms with Gasteiger partial charge >= 0.3 is 5.97 Å². The third-order valence-corrected chi connectivity index (χ3v) is 3.48. The van der Waals surface area contributed by atoms with E-state index in [1.165, 1.54) is 6.42 Å². The lowest BCUT2D eigenvalue weighted by molar-refractivity contribution is -0.139. The summed E-state index contributed by atoms with van der Waals surface area (Å²) in [4.78, 5) is 11.3. The van der Waals surface area contributed by atoms with Crippen molar-refractivity contribution in [3.05, 3.63) is 30.3 Å². The molecule has 1 aromatic rings. The minimum atomic E-state index is -0.735. The number of anilines is 1. The first kappa shape index (κ1) is 12.0. The molecule has 1 fully saturated rings. The van der Waals surface area contributed by atoms with Crippen LogP contribution in [0.1, 0.15) is 32.1 Å². The van der Waals surface area contributed by atoms with Gasteiger partial charge in [-0.2, -0.15) is 0 Å². The normalized spacial score (nSPS) is 18.6. The van der Waals surface area contributed by atoms with Crippen LogP contribution in [-0.2, 0) is 4.79 Å². The van der Waals surface area contributed by atoms with Gasteiger partial charge in [0.05, 0.1) is 0 Å². The van der Waals surface area contributed by atoms with E-state index in [0.717, 1.165) is 31.4 Å². The Morgan fingerprint density at radius 2 is 1.82 bits per heavy atom. The SMILES string of the molecule is O=C(O)C(Nc1ccccc1)C1CCCCC1. The second kappa shape index (κ2) is 5.71. The van der Waals surface area contributed by atoms with Crippen LogP contribution in [0.25, 0.3) is 0 Å². The Morgan fingerprint density at radius 1 is 1.18 bits per heavy atom. The molecule has 1 unspecified atom stereocenters. The molecule has 0 aliphatic heterocycles. The molecule has 1 saturated carbocycles. The van der Waals surface area contributed by atoms with Crippen LogP contribution < -0.4 is 5.32 Å². The maximum atomic E-state index is 11.3. The molecule has 17 heavy (non-hydrogen) atoms. The number of carboxylic acids is 1. The fourth-order valence-electron chi connectivity index (χ4n) is 2.56. The predicted octanol–water partition coefficient (Wildman–Crippen LogP) is 3.13. The van der Waals surface area contributed by atoms with Crippen LogP contribution >= 0.6 is 0 Å². The summed E-state index contributed by atoms with van der Waals surface area (Å²) in [5.41, 5.74) is 0.894. The smallest absolute Gasteiger partial charge is 0.326 e. The number of hydrogen-bond acceptors (Lipinski definition) is 2. The van der Waals surface area contributed by atoms with E-state index in [0.29, 0.717) is 0 Å². The summed E-state index contributed by atoms with van der Waals surface area (Å²) in [6.07, 6.45) is 5.61. The van der Waals surface area contributed by atoms with Crippen molar-refractivity contribution < 1.29 is 9.90 Å². The fourth-order valence-corrected chi connectivity index (χ4v) is 2.56. The molecule has 1 aliphatic rings. The van der Waals surface area contributed by atoms with E-state index < -0.39 is 12.0 Å². The van der Waals surface area contributed by atoms with Crippen LogP contribution in [0.4, 0.5) is 5.69 Å². The van der Waals surface area contributed by atoms with Crippen LogP contribution in [0.2, 0.25) is 0 Å². The van der Waals surface area contributed by atoms with Crippen molar-refractivity contribution >= 4 is 11.7 Å². The lowest BCUT2D eigenvalue weighted by Gasteiger charge is -2.28. The van der Waals surface area contributed by atoms with E-state index in [1.54, 1.807) is 0 Å². The van der Waals surface area contributed by atoms with Crippen molar-refractivity contribution in [3.8, 4) is 0 Å². The van der Waals surface area contributed by atoms with E-state index in [1.807, 2.05) is 30.3 Å². The number of aliphatic carboxylic acids is 1. The highest BCUT2D eigenvalue weighted by atomic mass is 16.4. The van der Waals surface area contributed by atoms with E-state index >= 15 is 0 Å². The molecule has 0 saturated heterocycles. The topological polar surface area (TPSA) is 49.3 Å². The van der Waals surface area contributed by atoms with Gasteiger partial charge in [-0.05, 0) is 30.9 Å². The average Bonchev–Trinajstić information content (AvgIpc) is 2.38. The third-order valence-electron chi connectivity index (χ3n) is 3.48. The summed E-state index contributed by atoms with van der Waals surface area (Å²) < 4.78 is 0. The Hall–Kier alpha value is -1.51. The summed E-state index contributed by atoms with van der Waals surface area (Å²) >= 11 is 0. The number of nitrogens with one attached hydrogen (secondary N) is 1. The molecule has 0 radical (unpaired) electrons. The summed E-state index contributed by atoms with van der Waals surface area (Å²) in [5.74, 6) is -0.470. The van der Waals surface area contributed by atoms with Gasteiger partial charge in [0.25, 0.3) is 0 Å². The predicted molar refractivity (Wildman–Crippen MR) is 68.1 cm³/mol. The van der Waals surface area contributed by atoms with Crippen LogP contribution in [0.5, 0.6) is 0 Å². The summed E-state index contributed by atoms with van der Waals surface area (Å²) in [6.45, 7) is 0. The van der Waals surface area contributed by atoms with Gasteiger partial charge < -0.3 is 10.4 Å². The maximum absolute atomic E-state index is 11.3. The Balaban J connectivity index is 2.04. The fraction of sp³-hybridized carbons (Fsp3) is 0.500. The Morgan fingerprint density at radius 3 is 2.41 bits per heavy atom. The molecule has 3 nitrogen and oxygen atoms in total. The third kappa shape index (κ3) is 3.22. The zero-order valence-corrected chi connectivity index (χ0v) is 9.93. The molecule has 3 heteroatoms. The first-order chi connectivity index (χ1) is 8.27. The molecule has 0 bridgehead atoms. The standard InChI is InChI=1S/C14H19NO2/c16-14(17)13(11-7-3-1-4-8-11)15-12-9-5-2-6-10-12/h2,5-6,9-11,13,15H,1,3-4,7-8H2,(H,16,17). The molecule has 1 atom stereocenters. The Bertz CT molecular complexity index is 358. The highest BCUT2D eigenvalue weighted by Crippen LogP contribution is 2.28. The number of benzene rings is 1. The lowest BCUT2D eigenvalue weighted by Crippen LogP contribution is -2.37. The molecule has 1 aliphatic carbocycles. The minimum Gasteiger partial charge on any atom is -0.480 e. The van der Waals surface area contributed by atoms with Crippen molar-refractivity contribution in [1.82, 2.24) is 0 Å². The van der Waals surface area contributed by atoms with E-state index in [4.69, 9.17) is 0 Å².